The van der Waals surface area contributed by atoms with Gasteiger partial charge in [-0.2, -0.15) is 0 Å². The SMILES string of the molecule is Cc1c(Cl)cccc1S(=O)(=O)NCc1cc(-c2ccoc2)cs1. The molecule has 0 aliphatic carbocycles. The van der Waals surface area contributed by atoms with Crippen LogP contribution in [-0.2, 0) is 16.6 Å². The molecule has 0 amide bonds. The first-order valence-corrected chi connectivity index (χ1v) is 9.56. The fourth-order valence-electron chi connectivity index (χ4n) is 2.18. The minimum atomic E-state index is -3.60. The second-order valence-electron chi connectivity index (χ2n) is 5.00. The van der Waals surface area contributed by atoms with Crippen LogP contribution < -0.4 is 4.72 Å². The average Bonchev–Trinajstić information content (AvgIpc) is 3.18. The Morgan fingerprint density at radius 3 is 2.83 bits per heavy atom. The Hall–Kier alpha value is -1.60. The number of thiophene rings is 1. The summed E-state index contributed by atoms with van der Waals surface area (Å²) in [6.07, 6.45) is 3.27. The van der Waals surface area contributed by atoms with E-state index in [1.165, 1.54) is 11.3 Å². The van der Waals surface area contributed by atoms with Crippen molar-refractivity contribution in [3.05, 3.63) is 63.7 Å². The Balaban J connectivity index is 1.76. The molecule has 0 aliphatic heterocycles. The van der Waals surface area contributed by atoms with Crippen molar-refractivity contribution >= 4 is 33.0 Å². The van der Waals surface area contributed by atoms with Gasteiger partial charge in [-0.3, -0.25) is 0 Å². The van der Waals surface area contributed by atoms with Crippen LogP contribution in [0.4, 0.5) is 0 Å². The van der Waals surface area contributed by atoms with Gasteiger partial charge in [0.2, 0.25) is 10.0 Å². The van der Waals surface area contributed by atoms with Crippen molar-refractivity contribution in [3.8, 4) is 11.1 Å². The van der Waals surface area contributed by atoms with Crippen LogP contribution in [0.1, 0.15) is 10.4 Å². The predicted octanol–water partition coefficient (Wildman–Crippen LogP) is 4.45. The summed E-state index contributed by atoms with van der Waals surface area (Å²) in [7, 11) is -3.60. The summed E-state index contributed by atoms with van der Waals surface area (Å²) in [5.74, 6) is 0. The highest BCUT2D eigenvalue weighted by Gasteiger charge is 2.18. The van der Waals surface area contributed by atoms with Crippen molar-refractivity contribution in [3.63, 3.8) is 0 Å². The van der Waals surface area contributed by atoms with Crippen molar-refractivity contribution in [1.29, 1.82) is 0 Å². The topological polar surface area (TPSA) is 59.3 Å². The molecule has 0 bridgehead atoms. The van der Waals surface area contributed by atoms with Gasteiger partial charge in [-0.15, -0.1) is 11.3 Å². The highest BCUT2D eigenvalue weighted by atomic mass is 35.5. The molecule has 2 aromatic heterocycles. The van der Waals surface area contributed by atoms with Gasteiger partial charge in [-0.1, -0.05) is 17.7 Å². The van der Waals surface area contributed by atoms with E-state index in [1.54, 1.807) is 37.6 Å². The number of sulfonamides is 1. The molecule has 0 atom stereocenters. The minimum absolute atomic E-state index is 0.205. The maximum atomic E-state index is 12.4. The second-order valence-corrected chi connectivity index (χ2v) is 8.14. The molecule has 0 saturated heterocycles. The van der Waals surface area contributed by atoms with E-state index in [9.17, 15) is 8.42 Å². The van der Waals surface area contributed by atoms with Crippen molar-refractivity contribution < 1.29 is 12.8 Å². The van der Waals surface area contributed by atoms with Crippen molar-refractivity contribution in [2.24, 2.45) is 0 Å². The van der Waals surface area contributed by atoms with Crippen molar-refractivity contribution in [2.45, 2.75) is 18.4 Å². The predicted molar refractivity (Wildman–Crippen MR) is 92.2 cm³/mol. The zero-order valence-electron chi connectivity index (χ0n) is 12.2. The molecule has 4 nitrogen and oxygen atoms in total. The number of benzene rings is 1. The Bertz CT molecular complexity index is 915. The lowest BCUT2D eigenvalue weighted by atomic mass is 10.2. The fraction of sp³-hybridized carbons (Fsp3) is 0.125. The molecule has 0 unspecified atom stereocenters. The lowest BCUT2D eigenvalue weighted by Crippen LogP contribution is -2.23. The second kappa shape index (κ2) is 6.49. The maximum absolute atomic E-state index is 12.4. The molecular formula is C16H14ClNO3S2. The van der Waals surface area contributed by atoms with Gasteiger partial charge >= 0.3 is 0 Å². The van der Waals surface area contributed by atoms with Crippen LogP contribution in [0.15, 0.2) is 57.6 Å². The van der Waals surface area contributed by atoms with Crippen LogP contribution in [0.3, 0.4) is 0 Å². The quantitative estimate of drug-likeness (QED) is 0.724. The average molecular weight is 368 g/mol. The van der Waals surface area contributed by atoms with E-state index < -0.39 is 10.0 Å². The van der Waals surface area contributed by atoms with Gasteiger partial charge in [0.05, 0.1) is 17.4 Å². The molecule has 0 aliphatic rings. The first-order valence-electron chi connectivity index (χ1n) is 6.82. The molecule has 3 rings (SSSR count). The standard InChI is InChI=1S/C16H14ClNO3S2/c1-11-15(17)3-2-4-16(11)23(19,20)18-8-14-7-13(10-22-14)12-5-6-21-9-12/h2-7,9-10,18H,8H2,1H3. The van der Waals surface area contributed by atoms with Gasteiger partial charge in [-0.05, 0) is 47.7 Å². The molecule has 120 valence electrons. The highest BCUT2D eigenvalue weighted by Crippen LogP contribution is 2.27. The van der Waals surface area contributed by atoms with E-state index in [0.29, 0.717) is 10.6 Å². The van der Waals surface area contributed by atoms with Crippen LogP contribution in [-0.4, -0.2) is 8.42 Å². The van der Waals surface area contributed by atoms with Crippen LogP contribution in [0.2, 0.25) is 5.02 Å². The Morgan fingerprint density at radius 2 is 2.09 bits per heavy atom. The van der Waals surface area contributed by atoms with E-state index in [4.69, 9.17) is 16.0 Å². The van der Waals surface area contributed by atoms with Gasteiger partial charge in [0, 0.05) is 22.0 Å². The van der Waals surface area contributed by atoms with Gasteiger partial charge in [-0.25, -0.2) is 13.1 Å². The monoisotopic (exact) mass is 367 g/mol. The normalized spacial score (nSPS) is 11.7. The first kappa shape index (κ1) is 16.3. The Kier molecular flexibility index (Phi) is 4.59. The molecule has 0 radical (unpaired) electrons. The lowest BCUT2D eigenvalue weighted by Gasteiger charge is -2.09. The summed E-state index contributed by atoms with van der Waals surface area (Å²) in [5, 5.41) is 2.41. The molecule has 2 heterocycles. The number of furan rings is 1. The zero-order valence-corrected chi connectivity index (χ0v) is 14.6. The Morgan fingerprint density at radius 1 is 1.26 bits per heavy atom. The largest absolute Gasteiger partial charge is 0.472 e. The van der Waals surface area contributed by atoms with E-state index in [1.807, 2.05) is 17.5 Å². The van der Waals surface area contributed by atoms with Gasteiger partial charge < -0.3 is 4.42 Å². The molecule has 0 fully saturated rings. The number of halogens is 1. The maximum Gasteiger partial charge on any atom is 0.241 e. The molecule has 1 aromatic carbocycles. The van der Waals surface area contributed by atoms with E-state index in [2.05, 4.69) is 4.72 Å². The lowest BCUT2D eigenvalue weighted by molar-refractivity contribution is 0.568. The van der Waals surface area contributed by atoms with Crippen LogP contribution >= 0.6 is 22.9 Å². The van der Waals surface area contributed by atoms with E-state index in [-0.39, 0.29) is 11.4 Å². The van der Waals surface area contributed by atoms with Crippen LogP contribution in [0.5, 0.6) is 0 Å². The summed E-state index contributed by atoms with van der Waals surface area (Å²) in [4.78, 5) is 1.13. The summed E-state index contributed by atoms with van der Waals surface area (Å²) in [6, 6.07) is 8.67. The highest BCUT2D eigenvalue weighted by molar-refractivity contribution is 7.89. The molecule has 1 N–H and O–H groups in total. The molecule has 0 saturated carbocycles. The van der Waals surface area contributed by atoms with Crippen LogP contribution in [0.25, 0.3) is 11.1 Å². The number of nitrogens with one attached hydrogen (secondary N) is 1. The van der Waals surface area contributed by atoms with Crippen LogP contribution in [0, 0.1) is 6.92 Å². The number of hydrogen-bond acceptors (Lipinski definition) is 4. The number of rotatable bonds is 5. The van der Waals surface area contributed by atoms with Gasteiger partial charge in [0.1, 0.15) is 0 Å². The van der Waals surface area contributed by atoms with Gasteiger partial charge in [0.25, 0.3) is 0 Å². The van der Waals surface area contributed by atoms with Crippen molar-refractivity contribution in [2.75, 3.05) is 0 Å². The molecule has 0 spiro atoms. The molecular weight excluding hydrogens is 354 g/mol. The third-order valence-corrected chi connectivity index (χ3v) is 6.34. The Labute approximate surface area is 143 Å². The molecule has 7 heteroatoms. The number of hydrogen-bond donors (Lipinski definition) is 1. The fourth-order valence-corrected chi connectivity index (χ4v) is 4.60. The third-order valence-electron chi connectivity index (χ3n) is 3.45. The first-order chi connectivity index (χ1) is 11.0. The summed E-state index contributed by atoms with van der Waals surface area (Å²) < 4.78 is 32.5. The zero-order chi connectivity index (χ0) is 16.4. The third kappa shape index (κ3) is 3.50. The summed E-state index contributed by atoms with van der Waals surface area (Å²) in [5.41, 5.74) is 2.53. The van der Waals surface area contributed by atoms with Crippen molar-refractivity contribution in [1.82, 2.24) is 4.72 Å². The molecule has 23 heavy (non-hydrogen) atoms. The summed E-state index contributed by atoms with van der Waals surface area (Å²) in [6.45, 7) is 1.93. The van der Waals surface area contributed by atoms with E-state index >= 15 is 0 Å². The minimum Gasteiger partial charge on any atom is -0.472 e. The molecule has 3 aromatic rings. The smallest absolute Gasteiger partial charge is 0.241 e. The van der Waals surface area contributed by atoms with E-state index in [0.717, 1.165) is 16.0 Å². The van der Waals surface area contributed by atoms with Gasteiger partial charge in [0.15, 0.2) is 0 Å². The summed E-state index contributed by atoms with van der Waals surface area (Å²) >= 11 is 7.49.